The molecule has 0 aliphatic rings. The van der Waals surface area contributed by atoms with Crippen molar-refractivity contribution in [1.82, 2.24) is 0 Å². The van der Waals surface area contributed by atoms with Crippen LogP contribution in [0, 0.1) is 0 Å². The molecule has 0 aromatic heterocycles. The second kappa shape index (κ2) is 21300. The molecule has 0 radical (unpaired) electrons. The lowest BCUT2D eigenvalue weighted by molar-refractivity contribution is 0.607. The minimum absolute atomic E-state index is 1.72. The van der Waals surface area contributed by atoms with Crippen molar-refractivity contribution in [3.8, 4) is 0 Å². The lowest BCUT2D eigenvalue weighted by Gasteiger charge is -0.813. The Labute approximate surface area is 41.5 Å². The monoisotopic (exact) mass is 124 g/mol. The van der Waals surface area contributed by atoms with Gasteiger partial charge in [-0.05, 0) is 0 Å². The molecule has 0 spiro atoms. The van der Waals surface area contributed by atoms with Crippen molar-refractivity contribution < 1.29 is 9.13 Å². The molecule has 0 aliphatic heterocycles. The van der Waals surface area contributed by atoms with Crippen LogP contribution in [0.15, 0.2) is 13.2 Å². The van der Waals surface area contributed by atoms with Crippen LogP contribution >= 0.6 is 18.2 Å². The first-order valence-corrected chi connectivity index (χ1v) is 1.72. The summed E-state index contributed by atoms with van der Waals surface area (Å²) < 4.78 is 16.1. The van der Waals surface area contributed by atoms with E-state index in [9.17, 15) is 0 Å². The van der Waals surface area contributed by atoms with E-state index >= 15 is 0 Å². The van der Waals surface area contributed by atoms with E-state index in [-0.39, 0.29) is 0 Å². The van der Waals surface area contributed by atoms with Gasteiger partial charge < -0.3 is 0 Å². The summed E-state index contributed by atoms with van der Waals surface area (Å²) >= 11 is 0. The van der Waals surface area contributed by atoms with Gasteiger partial charge >= 0.3 is 0 Å². The summed E-state index contributed by atoms with van der Waals surface area (Å²) in [5.74, 6) is 0. The van der Waals surface area contributed by atoms with Crippen molar-refractivity contribution in [2.75, 3.05) is 0 Å². The quantitative estimate of drug-likeness (QED) is 0.364. The van der Waals surface area contributed by atoms with E-state index in [1.54, 1.807) is 18.2 Å². The molecular formula is C2H6O2P2. The molecule has 4 heteroatoms. The first-order valence-electron chi connectivity index (χ1n) is 0.908. The third kappa shape index (κ3) is 9460. The fraction of sp³-hybridized carbons (Fsp3) is 0. The highest BCUT2D eigenvalue weighted by Crippen LogP contribution is 1.23. The van der Waals surface area contributed by atoms with Crippen LogP contribution in [-0.4, -0.2) is 0 Å². The summed E-state index contributed by atoms with van der Waals surface area (Å²) in [5, 5.41) is 0. The third-order valence-corrected chi connectivity index (χ3v) is 0. The minimum atomic E-state index is 1.72. The molecule has 0 amide bonds. The van der Waals surface area contributed by atoms with Gasteiger partial charge in [-0.1, -0.05) is 0 Å². The van der Waals surface area contributed by atoms with Gasteiger partial charge in [0, 0.05) is 0 Å². The van der Waals surface area contributed by atoms with Crippen molar-refractivity contribution in [2.45, 2.75) is 0 Å². The normalized spacial score (nSPS) is 2.00. The second-order valence-corrected chi connectivity index (χ2v) is 0. The minimum Gasteiger partial charge on any atom is -0.279 e. The number of hydrogen-bond acceptors (Lipinski definition) is 2. The summed E-state index contributed by atoms with van der Waals surface area (Å²) in [5.41, 5.74) is 0. The van der Waals surface area contributed by atoms with Gasteiger partial charge in [-0.25, -0.2) is 0 Å². The molecule has 6 heavy (non-hydrogen) atoms. The Kier molecular flexibility index (Phi) is 59500. The first kappa shape index (κ1) is 16.8. The maximum Gasteiger partial charge on any atom is 0.138 e. The first-order chi connectivity index (χ1) is 3.00. The zero-order valence-corrected chi connectivity index (χ0v) is 5.23. The van der Waals surface area contributed by atoms with E-state index in [1.807, 2.05) is 0 Å². The summed E-state index contributed by atoms with van der Waals surface area (Å²) in [6.07, 6.45) is 0. The molecule has 0 heterocycles. The van der Waals surface area contributed by atoms with E-state index in [1.165, 1.54) is 0 Å². The highest BCUT2D eigenvalue weighted by molar-refractivity contribution is 7.00. The van der Waals surface area contributed by atoms with E-state index in [0.717, 1.165) is 0 Å². The van der Waals surface area contributed by atoms with Gasteiger partial charge in [-0.15, -0.1) is 13.2 Å². The van der Waals surface area contributed by atoms with E-state index < -0.39 is 0 Å². The Morgan fingerprint density at radius 1 is 0.833 bits per heavy atom. The van der Waals surface area contributed by atoms with Gasteiger partial charge in [0.2, 0.25) is 0 Å². The molecule has 0 unspecified atom stereocenters. The van der Waals surface area contributed by atoms with Gasteiger partial charge in [0.25, 0.3) is 0 Å². The Bertz CT molecular complexity index is 14.3. The largest absolute Gasteiger partial charge is 0.279 e. The van der Waals surface area contributed by atoms with Crippen molar-refractivity contribution in [1.29, 1.82) is 0 Å². The Morgan fingerprint density at radius 2 is 0.833 bits per heavy atom. The second-order valence-electron chi connectivity index (χ2n) is 0. The van der Waals surface area contributed by atoms with Gasteiger partial charge in [0.15, 0.2) is 0 Å². The Hall–Kier alpha value is -0.0600. The average molecular weight is 124 g/mol. The highest BCUT2D eigenvalue weighted by atomic mass is 31.0. The van der Waals surface area contributed by atoms with Crippen LogP contribution in [0.2, 0.25) is 0 Å². The molecule has 0 rings (SSSR count). The maximum absolute atomic E-state index is 8.06. The van der Waals surface area contributed by atoms with Crippen LogP contribution in [0.25, 0.3) is 0 Å². The smallest absolute Gasteiger partial charge is 0.138 e. The fourth-order valence-corrected chi connectivity index (χ4v) is 0. The standard InChI is InChI=1S/C2H4.2HOP/c3*1-2/h1-2H2;2*2H. The molecule has 0 aliphatic carbocycles. The van der Waals surface area contributed by atoms with Gasteiger partial charge in [-0.3, -0.25) is 9.13 Å². The zero-order chi connectivity index (χ0) is 6.00. The van der Waals surface area contributed by atoms with Crippen LogP contribution in [0.1, 0.15) is 0 Å². The Balaban J connectivity index is -0.0000000225. The molecular weight excluding hydrogens is 118 g/mol. The summed E-state index contributed by atoms with van der Waals surface area (Å²) in [4.78, 5) is 0. The maximum atomic E-state index is 8.06. The third-order valence-electron chi connectivity index (χ3n) is 0. The van der Waals surface area contributed by atoms with Crippen molar-refractivity contribution in [2.24, 2.45) is 0 Å². The van der Waals surface area contributed by atoms with Crippen LogP contribution < -0.4 is 0 Å². The molecule has 0 bridgehead atoms. The molecule has 0 atom stereocenters. The molecule has 0 aromatic carbocycles. The van der Waals surface area contributed by atoms with Gasteiger partial charge in [0.05, 0.1) is 0 Å². The lowest BCUT2D eigenvalue weighted by Crippen LogP contribution is -0.552. The molecule has 36 valence electrons. The fourth-order valence-electron chi connectivity index (χ4n) is 0. The van der Waals surface area contributed by atoms with Crippen LogP contribution in [-0.2, 0) is 9.13 Å². The molecule has 0 fully saturated rings. The van der Waals surface area contributed by atoms with Gasteiger partial charge in [-0.2, -0.15) is 0 Å². The van der Waals surface area contributed by atoms with Crippen LogP contribution in [0.4, 0.5) is 0 Å². The summed E-state index contributed by atoms with van der Waals surface area (Å²) in [6.45, 7) is 6.00. The van der Waals surface area contributed by atoms with Gasteiger partial charge in [0.1, 0.15) is 18.2 Å². The highest BCUT2D eigenvalue weighted by Gasteiger charge is 0.669. The van der Waals surface area contributed by atoms with Crippen molar-refractivity contribution in [3.63, 3.8) is 0 Å². The lowest BCUT2D eigenvalue weighted by atomic mass is 11.3. The van der Waals surface area contributed by atoms with E-state index in [2.05, 4.69) is 13.2 Å². The zero-order valence-electron chi connectivity index (χ0n) is 3.23. The van der Waals surface area contributed by atoms with E-state index in [0.29, 0.717) is 0 Å². The summed E-state index contributed by atoms with van der Waals surface area (Å²) in [7, 11) is 3.44. The van der Waals surface area contributed by atoms with Crippen molar-refractivity contribution >= 4 is 18.2 Å². The van der Waals surface area contributed by atoms with Crippen molar-refractivity contribution in [3.05, 3.63) is 13.2 Å². The molecule has 0 N–H and O–H groups in total. The molecule has 0 saturated heterocycles. The number of hydrogen-bond donors (Lipinski definition) is 0. The SMILES string of the molecule is C=C.O=P.O=P. The average Bonchev–Trinajstić information content (AvgIpc) is 1.81. The molecule has 0 aromatic rings. The predicted octanol–water partition coefficient (Wildman–Crippen LogP) is 1.75. The topological polar surface area (TPSA) is 34.1 Å². The molecule has 2 nitrogen and oxygen atoms in total. The predicted molar refractivity (Wildman–Crippen MR) is 29.3 cm³/mol. The van der Waals surface area contributed by atoms with Crippen LogP contribution in [0.5, 0.6) is 0 Å². The van der Waals surface area contributed by atoms with E-state index in [4.69, 9.17) is 9.13 Å². The van der Waals surface area contributed by atoms with Crippen LogP contribution in [0.3, 0.4) is 0 Å². The Morgan fingerprint density at radius 3 is 0.833 bits per heavy atom. The number of rotatable bonds is 0. The molecule has 0 saturated carbocycles. The summed E-state index contributed by atoms with van der Waals surface area (Å²) in [6, 6.07) is 0.